The smallest absolute Gasteiger partial charge is 0.0638 e. The van der Waals surface area contributed by atoms with E-state index in [1.165, 1.54) is 19.3 Å². The molecule has 0 spiro atoms. The van der Waals surface area contributed by atoms with Gasteiger partial charge >= 0.3 is 0 Å². The normalized spacial score (nSPS) is 21.6. The summed E-state index contributed by atoms with van der Waals surface area (Å²) in [6, 6.07) is 3.24. The van der Waals surface area contributed by atoms with E-state index in [-0.39, 0.29) is 0 Å². The third-order valence-electron chi connectivity index (χ3n) is 3.19. The Morgan fingerprint density at radius 3 is 2.62 bits per heavy atom. The van der Waals surface area contributed by atoms with Crippen molar-refractivity contribution in [3.8, 4) is 6.07 Å². The van der Waals surface area contributed by atoms with Gasteiger partial charge in [-0.3, -0.25) is 0 Å². The molecule has 1 aliphatic rings. The standard InChI is InChI=1S/C11H20N2/c1-3-11(7-8-12)13-9(2)10-5-4-6-10/h9-11,13H,3-7H2,1-2H3. The minimum atomic E-state index is 0.403. The maximum atomic E-state index is 8.60. The summed E-state index contributed by atoms with van der Waals surface area (Å²) in [6.45, 7) is 4.40. The number of hydrogen-bond acceptors (Lipinski definition) is 2. The number of nitrogens with one attached hydrogen (secondary N) is 1. The highest BCUT2D eigenvalue weighted by molar-refractivity contribution is 4.85. The Kier molecular flexibility index (Phi) is 4.24. The molecule has 0 aliphatic heterocycles. The SMILES string of the molecule is CCC(CC#N)NC(C)C1CCC1. The molecule has 0 saturated heterocycles. The van der Waals surface area contributed by atoms with Gasteiger partial charge in [-0.2, -0.15) is 5.26 Å². The molecule has 1 N–H and O–H groups in total. The van der Waals surface area contributed by atoms with Crippen molar-refractivity contribution in [1.29, 1.82) is 5.26 Å². The molecule has 0 amide bonds. The number of nitrogens with zero attached hydrogens (tertiary/aromatic N) is 1. The molecule has 13 heavy (non-hydrogen) atoms. The molecule has 0 aromatic carbocycles. The summed E-state index contributed by atoms with van der Waals surface area (Å²) in [6.07, 6.45) is 5.85. The second kappa shape index (κ2) is 5.24. The van der Waals surface area contributed by atoms with Crippen molar-refractivity contribution in [3.05, 3.63) is 0 Å². The fourth-order valence-corrected chi connectivity index (χ4v) is 1.88. The van der Waals surface area contributed by atoms with Crippen LogP contribution in [0.4, 0.5) is 0 Å². The van der Waals surface area contributed by atoms with E-state index in [0.717, 1.165) is 12.3 Å². The summed E-state index contributed by atoms with van der Waals surface area (Å²) in [7, 11) is 0. The molecule has 2 heteroatoms. The van der Waals surface area contributed by atoms with Crippen LogP contribution < -0.4 is 5.32 Å². The van der Waals surface area contributed by atoms with E-state index in [9.17, 15) is 0 Å². The molecule has 2 unspecified atom stereocenters. The zero-order chi connectivity index (χ0) is 9.68. The summed E-state index contributed by atoms with van der Waals surface area (Å²) >= 11 is 0. The summed E-state index contributed by atoms with van der Waals surface area (Å²) in [5.74, 6) is 0.868. The van der Waals surface area contributed by atoms with Gasteiger partial charge in [-0.25, -0.2) is 0 Å². The van der Waals surface area contributed by atoms with E-state index in [4.69, 9.17) is 5.26 Å². The Morgan fingerprint density at radius 2 is 2.23 bits per heavy atom. The van der Waals surface area contributed by atoms with Gasteiger partial charge in [0, 0.05) is 12.1 Å². The summed E-state index contributed by atoms with van der Waals surface area (Å²) in [4.78, 5) is 0. The van der Waals surface area contributed by atoms with Crippen LogP contribution in [0.2, 0.25) is 0 Å². The molecule has 0 radical (unpaired) electrons. The van der Waals surface area contributed by atoms with Gasteiger partial charge in [0.25, 0.3) is 0 Å². The zero-order valence-electron chi connectivity index (χ0n) is 8.71. The maximum absolute atomic E-state index is 8.60. The molecule has 74 valence electrons. The molecular weight excluding hydrogens is 160 g/mol. The lowest BCUT2D eigenvalue weighted by Crippen LogP contribution is -2.42. The lowest BCUT2D eigenvalue weighted by atomic mass is 9.80. The van der Waals surface area contributed by atoms with Crippen LogP contribution in [0.1, 0.15) is 46.0 Å². The summed E-state index contributed by atoms with van der Waals surface area (Å²) in [5.41, 5.74) is 0. The van der Waals surface area contributed by atoms with Crippen LogP contribution in [0.15, 0.2) is 0 Å². The zero-order valence-corrected chi connectivity index (χ0v) is 8.71. The summed E-state index contributed by atoms with van der Waals surface area (Å²) in [5, 5.41) is 12.1. The molecule has 1 fully saturated rings. The highest BCUT2D eigenvalue weighted by atomic mass is 14.9. The average molecular weight is 180 g/mol. The maximum Gasteiger partial charge on any atom is 0.0638 e. The van der Waals surface area contributed by atoms with Crippen LogP contribution in [0.3, 0.4) is 0 Å². The molecule has 1 rings (SSSR count). The molecule has 0 aromatic heterocycles. The Labute approximate surface area is 81.3 Å². The number of nitriles is 1. The van der Waals surface area contributed by atoms with E-state index in [1.807, 2.05) is 0 Å². The van der Waals surface area contributed by atoms with Gasteiger partial charge in [-0.1, -0.05) is 13.3 Å². The minimum Gasteiger partial charge on any atom is -0.310 e. The van der Waals surface area contributed by atoms with E-state index in [1.54, 1.807) is 0 Å². The average Bonchev–Trinajstić information content (AvgIpc) is 2.00. The predicted octanol–water partition coefficient (Wildman–Crippen LogP) is 2.46. The van der Waals surface area contributed by atoms with Gasteiger partial charge in [0.05, 0.1) is 12.5 Å². The van der Waals surface area contributed by atoms with Gasteiger partial charge in [0.2, 0.25) is 0 Å². The van der Waals surface area contributed by atoms with Crippen molar-refractivity contribution in [3.63, 3.8) is 0 Å². The second-order valence-electron chi connectivity index (χ2n) is 4.11. The Bertz CT molecular complexity index is 179. The first-order chi connectivity index (χ1) is 6.27. The third kappa shape index (κ3) is 3.00. The largest absolute Gasteiger partial charge is 0.310 e. The lowest BCUT2D eigenvalue weighted by Gasteiger charge is -2.34. The van der Waals surface area contributed by atoms with Gasteiger partial charge in [0.1, 0.15) is 0 Å². The van der Waals surface area contributed by atoms with Crippen molar-refractivity contribution < 1.29 is 0 Å². The van der Waals surface area contributed by atoms with E-state index in [0.29, 0.717) is 18.5 Å². The van der Waals surface area contributed by atoms with E-state index >= 15 is 0 Å². The van der Waals surface area contributed by atoms with Crippen molar-refractivity contribution in [2.24, 2.45) is 5.92 Å². The van der Waals surface area contributed by atoms with Crippen molar-refractivity contribution >= 4 is 0 Å². The fraction of sp³-hybridized carbons (Fsp3) is 0.909. The highest BCUT2D eigenvalue weighted by Crippen LogP contribution is 2.29. The van der Waals surface area contributed by atoms with Gasteiger partial charge in [-0.05, 0) is 32.1 Å². The molecule has 1 aliphatic carbocycles. The second-order valence-corrected chi connectivity index (χ2v) is 4.11. The fourth-order valence-electron chi connectivity index (χ4n) is 1.88. The quantitative estimate of drug-likeness (QED) is 0.705. The first-order valence-corrected chi connectivity index (χ1v) is 5.41. The predicted molar refractivity (Wildman–Crippen MR) is 54.2 cm³/mol. The van der Waals surface area contributed by atoms with Crippen molar-refractivity contribution in [2.45, 2.75) is 58.0 Å². The molecular formula is C11H20N2. The van der Waals surface area contributed by atoms with Gasteiger partial charge in [-0.15, -0.1) is 0 Å². The summed E-state index contributed by atoms with van der Waals surface area (Å²) < 4.78 is 0. The topological polar surface area (TPSA) is 35.8 Å². The van der Waals surface area contributed by atoms with Gasteiger partial charge < -0.3 is 5.32 Å². The first-order valence-electron chi connectivity index (χ1n) is 5.41. The Morgan fingerprint density at radius 1 is 1.54 bits per heavy atom. The molecule has 2 atom stereocenters. The number of rotatable bonds is 5. The Balaban J connectivity index is 2.23. The van der Waals surface area contributed by atoms with Crippen LogP contribution in [0.5, 0.6) is 0 Å². The van der Waals surface area contributed by atoms with Crippen LogP contribution in [0.25, 0.3) is 0 Å². The highest BCUT2D eigenvalue weighted by Gasteiger charge is 2.24. The molecule has 0 heterocycles. The molecule has 1 saturated carbocycles. The van der Waals surface area contributed by atoms with Crippen molar-refractivity contribution in [2.75, 3.05) is 0 Å². The van der Waals surface area contributed by atoms with Crippen LogP contribution in [0, 0.1) is 17.2 Å². The monoisotopic (exact) mass is 180 g/mol. The van der Waals surface area contributed by atoms with Crippen LogP contribution >= 0.6 is 0 Å². The van der Waals surface area contributed by atoms with Crippen molar-refractivity contribution in [1.82, 2.24) is 5.32 Å². The van der Waals surface area contributed by atoms with E-state index in [2.05, 4.69) is 25.2 Å². The molecule has 0 bridgehead atoms. The Hall–Kier alpha value is -0.550. The van der Waals surface area contributed by atoms with Crippen LogP contribution in [-0.4, -0.2) is 12.1 Å². The molecule has 0 aromatic rings. The van der Waals surface area contributed by atoms with E-state index < -0.39 is 0 Å². The van der Waals surface area contributed by atoms with Crippen LogP contribution in [-0.2, 0) is 0 Å². The minimum absolute atomic E-state index is 0.403. The first kappa shape index (κ1) is 10.5. The third-order valence-corrected chi connectivity index (χ3v) is 3.19. The lowest BCUT2D eigenvalue weighted by molar-refractivity contribution is 0.225. The van der Waals surface area contributed by atoms with Gasteiger partial charge in [0.15, 0.2) is 0 Å². The molecule has 2 nitrogen and oxygen atoms in total. The number of hydrogen-bond donors (Lipinski definition) is 1.